The number of benzene rings is 1. The molecule has 0 unspecified atom stereocenters. The lowest BCUT2D eigenvalue weighted by Crippen LogP contribution is -2.38. The summed E-state index contributed by atoms with van der Waals surface area (Å²) in [5.74, 6) is 0.726. The number of fused-ring (bicyclic) bond motifs is 2. The molecule has 29 heavy (non-hydrogen) atoms. The third-order valence-electron chi connectivity index (χ3n) is 5.17. The van der Waals surface area contributed by atoms with Crippen LogP contribution in [0.5, 0.6) is 5.75 Å². The first-order valence-electron chi connectivity index (χ1n) is 9.70. The molecule has 0 fully saturated rings. The highest BCUT2D eigenvalue weighted by atomic mass is 32.1. The van der Waals surface area contributed by atoms with Gasteiger partial charge in [0.05, 0.1) is 0 Å². The lowest BCUT2D eigenvalue weighted by molar-refractivity contribution is 0.0640. The summed E-state index contributed by atoms with van der Waals surface area (Å²) < 4.78 is 12.3. The van der Waals surface area contributed by atoms with Gasteiger partial charge < -0.3 is 14.4 Å². The van der Waals surface area contributed by atoms with E-state index < -0.39 is 6.10 Å². The van der Waals surface area contributed by atoms with Crippen LogP contribution in [0.25, 0.3) is 21.5 Å². The third-order valence-corrected chi connectivity index (χ3v) is 7.22. The maximum atomic E-state index is 10.5. The van der Waals surface area contributed by atoms with E-state index in [4.69, 9.17) is 9.26 Å². The number of hydrogen-bond donors (Lipinski definition) is 1. The summed E-state index contributed by atoms with van der Waals surface area (Å²) in [4.78, 5) is 5.17. The van der Waals surface area contributed by atoms with Crippen molar-refractivity contribution in [2.24, 2.45) is 0 Å². The first-order chi connectivity index (χ1) is 14.2. The van der Waals surface area contributed by atoms with E-state index in [1.54, 1.807) is 11.3 Å². The quantitative estimate of drug-likeness (QED) is 0.483. The van der Waals surface area contributed by atoms with E-state index in [0.29, 0.717) is 6.54 Å². The van der Waals surface area contributed by atoms with Crippen molar-refractivity contribution in [2.75, 3.05) is 19.7 Å². The van der Waals surface area contributed by atoms with Gasteiger partial charge in [-0.2, -0.15) is 0 Å². The molecule has 0 saturated carbocycles. The van der Waals surface area contributed by atoms with Gasteiger partial charge >= 0.3 is 0 Å². The van der Waals surface area contributed by atoms with Gasteiger partial charge in [0.25, 0.3) is 0 Å². The summed E-state index contributed by atoms with van der Waals surface area (Å²) >= 11 is 3.51. The number of aliphatic hydroxyl groups excluding tert-OH is 1. The summed E-state index contributed by atoms with van der Waals surface area (Å²) in [6.45, 7) is 4.94. The second-order valence-electron chi connectivity index (χ2n) is 7.43. The standard InChI is InChI=1S/C22H22N2O3S2/c1-14-9-16-11-24(7-5-20(16)29-14)12-17(25)13-26-18-4-2-3-15(10-18)21-22-19(27-23-21)6-8-28-22/h2-4,6,8-10,17,25H,5,7,11-13H2,1H3/t17-/m1/s1. The van der Waals surface area contributed by atoms with Crippen LogP contribution >= 0.6 is 22.7 Å². The van der Waals surface area contributed by atoms with Gasteiger partial charge in [-0.1, -0.05) is 17.3 Å². The Bertz CT molecular complexity index is 1130. The molecule has 1 N–H and O–H groups in total. The molecular weight excluding hydrogens is 404 g/mol. The number of hydrogen-bond acceptors (Lipinski definition) is 7. The summed E-state index contributed by atoms with van der Waals surface area (Å²) in [5.41, 5.74) is 4.00. The van der Waals surface area contributed by atoms with Gasteiger partial charge in [-0.3, -0.25) is 4.90 Å². The van der Waals surface area contributed by atoms with E-state index in [9.17, 15) is 5.11 Å². The van der Waals surface area contributed by atoms with Crippen LogP contribution in [-0.4, -0.2) is 41.0 Å². The Morgan fingerprint density at radius 1 is 1.31 bits per heavy atom. The van der Waals surface area contributed by atoms with Crippen molar-refractivity contribution in [3.05, 3.63) is 57.1 Å². The van der Waals surface area contributed by atoms with E-state index in [-0.39, 0.29) is 6.61 Å². The predicted octanol–water partition coefficient (Wildman–Crippen LogP) is 4.72. The zero-order valence-electron chi connectivity index (χ0n) is 16.1. The molecule has 1 aliphatic rings. The molecule has 0 amide bonds. The van der Waals surface area contributed by atoms with Crippen LogP contribution in [0.4, 0.5) is 0 Å². The molecule has 1 aromatic carbocycles. The SMILES string of the molecule is Cc1cc2c(s1)CCN(C[C@@H](O)COc1cccc(-c3noc4ccsc34)c1)C2. The fraction of sp³-hybridized carbons (Fsp3) is 0.318. The zero-order chi connectivity index (χ0) is 19.8. The van der Waals surface area contributed by atoms with Crippen molar-refractivity contribution in [1.29, 1.82) is 0 Å². The molecule has 3 aromatic heterocycles. The van der Waals surface area contributed by atoms with Crippen molar-refractivity contribution in [2.45, 2.75) is 26.0 Å². The lowest BCUT2D eigenvalue weighted by atomic mass is 10.1. The van der Waals surface area contributed by atoms with Gasteiger partial charge in [-0.25, -0.2) is 0 Å². The highest BCUT2D eigenvalue weighted by Crippen LogP contribution is 2.33. The minimum atomic E-state index is -0.531. The van der Waals surface area contributed by atoms with Gasteiger partial charge in [0, 0.05) is 35.0 Å². The maximum absolute atomic E-state index is 10.5. The second kappa shape index (κ2) is 7.91. The Morgan fingerprint density at radius 3 is 3.17 bits per heavy atom. The second-order valence-corrected chi connectivity index (χ2v) is 9.69. The number of aromatic nitrogens is 1. The molecule has 150 valence electrons. The van der Waals surface area contributed by atoms with E-state index in [1.807, 2.05) is 47.0 Å². The average Bonchev–Trinajstić information content (AvgIpc) is 3.41. The van der Waals surface area contributed by atoms with Gasteiger partial charge in [0.1, 0.15) is 28.9 Å². The Kier molecular flexibility index (Phi) is 5.13. The highest BCUT2D eigenvalue weighted by molar-refractivity contribution is 7.17. The number of thiophene rings is 2. The van der Waals surface area contributed by atoms with Crippen molar-refractivity contribution >= 4 is 33.0 Å². The molecule has 0 spiro atoms. The molecule has 1 atom stereocenters. The molecule has 5 nitrogen and oxygen atoms in total. The number of nitrogens with zero attached hydrogens (tertiary/aromatic N) is 2. The first-order valence-corrected chi connectivity index (χ1v) is 11.4. The lowest BCUT2D eigenvalue weighted by Gasteiger charge is -2.28. The number of β-amino-alcohol motifs (C(OH)–C–C–N with tert-alkyl or cyclic N) is 1. The maximum Gasteiger partial charge on any atom is 0.178 e. The normalized spacial score (nSPS) is 15.5. The smallest absolute Gasteiger partial charge is 0.178 e. The van der Waals surface area contributed by atoms with Gasteiger partial charge in [0.2, 0.25) is 0 Å². The third kappa shape index (κ3) is 3.96. The number of ether oxygens (including phenoxy) is 1. The molecule has 0 aliphatic carbocycles. The number of rotatable bonds is 6. The van der Waals surface area contributed by atoms with Crippen molar-refractivity contribution in [3.63, 3.8) is 0 Å². The van der Waals surface area contributed by atoms with E-state index in [0.717, 1.165) is 46.8 Å². The Morgan fingerprint density at radius 2 is 2.24 bits per heavy atom. The summed E-state index contributed by atoms with van der Waals surface area (Å²) in [6.07, 6.45) is 0.536. The van der Waals surface area contributed by atoms with Crippen LogP contribution in [0.15, 0.2) is 46.3 Å². The monoisotopic (exact) mass is 426 g/mol. The van der Waals surface area contributed by atoms with Crippen LogP contribution in [-0.2, 0) is 13.0 Å². The summed E-state index contributed by atoms with van der Waals surface area (Å²) in [6, 6.07) is 12.0. The van der Waals surface area contributed by atoms with Crippen LogP contribution in [0.3, 0.4) is 0 Å². The highest BCUT2D eigenvalue weighted by Gasteiger charge is 2.21. The first kappa shape index (κ1) is 18.8. The largest absolute Gasteiger partial charge is 0.491 e. The van der Waals surface area contributed by atoms with Crippen LogP contribution in [0.1, 0.15) is 15.3 Å². The number of aliphatic hydroxyl groups is 1. The van der Waals surface area contributed by atoms with Crippen LogP contribution in [0.2, 0.25) is 0 Å². The van der Waals surface area contributed by atoms with E-state index in [2.05, 4.69) is 23.0 Å². The molecular formula is C22H22N2O3S2. The number of aryl methyl sites for hydroxylation is 1. The Labute approximate surface area is 177 Å². The fourth-order valence-electron chi connectivity index (χ4n) is 3.83. The van der Waals surface area contributed by atoms with Gasteiger partial charge in [-0.15, -0.1) is 22.7 Å². The molecule has 0 radical (unpaired) electrons. The minimum Gasteiger partial charge on any atom is -0.491 e. The average molecular weight is 427 g/mol. The predicted molar refractivity (Wildman–Crippen MR) is 117 cm³/mol. The Hall–Kier alpha value is -2.19. The topological polar surface area (TPSA) is 58.7 Å². The summed E-state index contributed by atoms with van der Waals surface area (Å²) in [7, 11) is 0. The van der Waals surface area contributed by atoms with E-state index >= 15 is 0 Å². The Balaban J connectivity index is 1.20. The molecule has 4 aromatic rings. The summed E-state index contributed by atoms with van der Waals surface area (Å²) in [5, 5.41) is 16.7. The molecule has 0 saturated heterocycles. The molecule has 0 bridgehead atoms. The van der Waals surface area contributed by atoms with Crippen LogP contribution < -0.4 is 4.74 Å². The molecule has 5 rings (SSSR count). The van der Waals surface area contributed by atoms with Gasteiger partial charge in [0.15, 0.2) is 5.58 Å². The van der Waals surface area contributed by atoms with Crippen molar-refractivity contribution in [1.82, 2.24) is 10.1 Å². The minimum absolute atomic E-state index is 0.267. The van der Waals surface area contributed by atoms with Crippen LogP contribution in [0, 0.1) is 6.92 Å². The molecule has 7 heteroatoms. The van der Waals surface area contributed by atoms with E-state index in [1.165, 1.54) is 15.3 Å². The molecule has 4 heterocycles. The fourth-order valence-corrected chi connectivity index (χ4v) is 5.69. The zero-order valence-corrected chi connectivity index (χ0v) is 17.8. The van der Waals surface area contributed by atoms with Crippen molar-refractivity contribution in [3.8, 4) is 17.0 Å². The van der Waals surface area contributed by atoms with Crippen molar-refractivity contribution < 1.29 is 14.4 Å². The van der Waals surface area contributed by atoms with Gasteiger partial charge in [-0.05, 0) is 48.6 Å². The molecule has 1 aliphatic heterocycles.